The number of hydrogen-bond acceptors (Lipinski definition) is 4. The summed E-state index contributed by atoms with van der Waals surface area (Å²) < 4.78 is 0. The zero-order valence-electron chi connectivity index (χ0n) is 9.56. The highest BCUT2D eigenvalue weighted by Gasteiger charge is 2.11. The maximum Gasteiger partial charge on any atom is 0.115 e. The van der Waals surface area contributed by atoms with E-state index in [1.165, 1.54) is 6.33 Å². The molecule has 2 aromatic heterocycles. The van der Waals surface area contributed by atoms with Crippen LogP contribution < -0.4 is 0 Å². The maximum absolute atomic E-state index is 10.2. The van der Waals surface area contributed by atoms with Crippen molar-refractivity contribution in [2.24, 2.45) is 0 Å². The molecule has 3 rings (SSSR count). The molecule has 0 spiro atoms. The molecule has 0 aliphatic carbocycles. The quantitative estimate of drug-likeness (QED) is 0.741. The van der Waals surface area contributed by atoms with Crippen molar-refractivity contribution < 1.29 is 5.11 Å². The van der Waals surface area contributed by atoms with Crippen LogP contribution >= 0.6 is 0 Å². The van der Waals surface area contributed by atoms with E-state index in [2.05, 4.69) is 15.0 Å². The molecule has 1 atom stereocenters. The Labute approximate surface area is 104 Å². The summed E-state index contributed by atoms with van der Waals surface area (Å²) in [5.74, 6) is 0. The fourth-order valence-corrected chi connectivity index (χ4v) is 1.88. The van der Waals surface area contributed by atoms with Crippen molar-refractivity contribution in [3.8, 4) is 0 Å². The lowest BCUT2D eigenvalue weighted by Crippen LogP contribution is -2.01. The van der Waals surface area contributed by atoms with Crippen LogP contribution in [0.2, 0.25) is 0 Å². The van der Waals surface area contributed by atoms with Crippen LogP contribution in [0.15, 0.2) is 55.2 Å². The summed E-state index contributed by atoms with van der Waals surface area (Å²) in [5, 5.41) is 11.2. The minimum absolute atomic E-state index is 0.662. The smallest absolute Gasteiger partial charge is 0.115 e. The highest BCUT2D eigenvalue weighted by molar-refractivity contribution is 5.78. The average Bonchev–Trinajstić information content (AvgIpc) is 2.47. The molecule has 1 aromatic carbocycles. The number of aromatic nitrogens is 3. The van der Waals surface area contributed by atoms with Crippen molar-refractivity contribution >= 4 is 10.9 Å². The van der Waals surface area contributed by atoms with Gasteiger partial charge in [-0.15, -0.1) is 0 Å². The van der Waals surface area contributed by atoms with Crippen LogP contribution in [0.4, 0.5) is 0 Å². The number of benzene rings is 1. The number of aliphatic hydroxyl groups is 1. The molecule has 18 heavy (non-hydrogen) atoms. The predicted octanol–water partition coefficient (Wildman–Crippen LogP) is 2.11. The van der Waals surface area contributed by atoms with Crippen LogP contribution in [0, 0.1) is 0 Å². The van der Waals surface area contributed by atoms with E-state index in [0.717, 1.165) is 16.5 Å². The van der Waals surface area contributed by atoms with Gasteiger partial charge in [0, 0.05) is 35.1 Å². The Morgan fingerprint density at radius 3 is 2.56 bits per heavy atom. The van der Waals surface area contributed by atoms with Gasteiger partial charge in [0.1, 0.15) is 12.4 Å². The Balaban J connectivity index is 2.04. The van der Waals surface area contributed by atoms with E-state index in [0.29, 0.717) is 5.56 Å². The number of aliphatic hydroxyl groups excluding tert-OH is 1. The third-order valence-corrected chi connectivity index (χ3v) is 2.82. The van der Waals surface area contributed by atoms with Gasteiger partial charge in [-0.25, -0.2) is 9.97 Å². The van der Waals surface area contributed by atoms with Gasteiger partial charge in [-0.05, 0) is 12.1 Å². The number of pyridine rings is 1. The summed E-state index contributed by atoms with van der Waals surface area (Å²) in [6, 6.07) is 9.74. The van der Waals surface area contributed by atoms with Crippen molar-refractivity contribution in [2.45, 2.75) is 6.10 Å². The Kier molecular flexibility index (Phi) is 2.70. The van der Waals surface area contributed by atoms with Crippen molar-refractivity contribution in [3.63, 3.8) is 0 Å². The molecule has 1 N–H and O–H groups in total. The first-order chi connectivity index (χ1) is 8.84. The van der Waals surface area contributed by atoms with E-state index < -0.39 is 6.10 Å². The molecule has 2 heterocycles. The minimum atomic E-state index is -0.747. The SMILES string of the molecule is OC(c1cncnc1)c1cnc2ccccc2c1. The Hall–Kier alpha value is -2.33. The Morgan fingerprint density at radius 2 is 1.72 bits per heavy atom. The summed E-state index contributed by atoms with van der Waals surface area (Å²) in [6.45, 7) is 0. The maximum atomic E-state index is 10.2. The molecular weight excluding hydrogens is 226 g/mol. The molecule has 4 nitrogen and oxygen atoms in total. The van der Waals surface area contributed by atoms with E-state index in [4.69, 9.17) is 0 Å². The topological polar surface area (TPSA) is 58.9 Å². The van der Waals surface area contributed by atoms with Crippen molar-refractivity contribution in [1.29, 1.82) is 0 Å². The van der Waals surface area contributed by atoms with Gasteiger partial charge in [0.15, 0.2) is 0 Å². The van der Waals surface area contributed by atoms with E-state index in [1.807, 2.05) is 30.3 Å². The molecule has 88 valence electrons. The molecule has 0 amide bonds. The number of hydrogen-bond donors (Lipinski definition) is 1. The molecule has 0 saturated heterocycles. The predicted molar refractivity (Wildman–Crippen MR) is 67.8 cm³/mol. The number of rotatable bonds is 2. The van der Waals surface area contributed by atoms with Crippen LogP contribution in [-0.4, -0.2) is 20.1 Å². The highest BCUT2D eigenvalue weighted by Crippen LogP contribution is 2.22. The molecule has 0 aliphatic rings. The molecule has 0 radical (unpaired) electrons. The van der Waals surface area contributed by atoms with Gasteiger partial charge in [0.25, 0.3) is 0 Å². The lowest BCUT2D eigenvalue weighted by Gasteiger charge is -2.10. The van der Waals surface area contributed by atoms with Gasteiger partial charge >= 0.3 is 0 Å². The highest BCUT2D eigenvalue weighted by atomic mass is 16.3. The molecule has 0 aliphatic heterocycles. The summed E-state index contributed by atoms with van der Waals surface area (Å²) in [5.41, 5.74) is 2.32. The largest absolute Gasteiger partial charge is 0.383 e. The van der Waals surface area contributed by atoms with Gasteiger partial charge in [0.05, 0.1) is 5.52 Å². The molecule has 4 heteroatoms. The summed E-state index contributed by atoms with van der Waals surface area (Å²) in [6.07, 6.45) is 5.58. The third-order valence-electron chi connectivity index (χ3n) is 2.82. The van der Waals surface area contributed by atoms with Gasteiger partial charge in [-0.2, -0.15) is 0 Å². The molecule has 3 aromatic rings. The molecule has 0 fully saturated rings. The van der Waals surface area contributed by atoms with Gasteiger partial charge in [0.2, 0.25) is 0 Å². The van der Waals surface area contributed by atoms with Crippen LogP contribution in [-0.2, 0) is 0 Å². The molecule has 0 saturated carbocycles. The zero-order chi connectivity index (χ0) is 12.4. The van der Waals surface area contributed by atoms with Crippen LogP contribution in [0.25, 0.3) is 10.9 Å². The van der Waals surface area contributed by atoms with E-state index in [-0.39, 0.29) is 0 Å². The average molecular weight is 237 g/mol. The van der Waals surface area contributed by atoms with E-state index >= 15 is 0 Å². The first kappa shape index (κ1) is 10.8. The fourth-order valence-electron chi connectivity index (χ4n) is 1.88. The van der Waals surface area contributed by atoms with Crippen LogP contribution in [0.1, 0.15) is 17.2 Å². The van der Waals surface area contributed by atoms with Gasteiger partial charge < -0.3 is 5.11 Å². The first-order valence-electron chi connectivity index (χ1n) is 5.62. The lowest BCUT2D eigenvalue weighted by molar-refractivity contribution is 0.219. The lowest BCUT2D eigenvalue weighted by atomic mass is 10.0. The standard InChI is InChI=1S/C14H11N3O/c18-14(12-6-15-9-16-7-12)11-5-10-3-1-2-4-13(10)17-8-11/h1-9,14,18H. The number of fused-ring (bicyclic) bond motifs is 1. The second-order valence-corrected chi connectivity index (χ2v) is 4.04. The summed E-state index contributed by atoms with van der Waals surface area (Å²) in [7, 11) is 0. The summed E-state index contributed by atoms with van der Waals surface area (Å²) >= 11 is 0. The van der Waals surface area contributed by atoms with Crippen molar-refractivity contribution in [1.82, 2.24) is 15.0 Å². The Bertz CT molecular complexity index is 670. The van der Waals surface area contributed by atoms with Gasteiger partial charge in [-0.1, -0.05) is 18.2 Å². The second kappa shape index (κ2) is 4.50. The normalized spacial score (nSPS) is 12.5. The second-order valence-electron chi connectivity index (χ2n) is 4.04. The zero-order valence-corrected chi connectivity index (χ0v) is 9.56. The van der Waals surface area contributed by atoms with Crippen LogP contribution in [0.5, 0.6) is 0 Å². The van der Waals surface area contributed by atoms with E-state index in [9.17, 15) is 5.11 Å². The fraction of sp³-hybridized carbons (Fsp3) is 0.0714. The molecular formula is C14H11N3O. The van der Waals surface area contributed by atoms with Crippen molar-refractivity contribution in [3.05, 3.63) is 66.4 Å². The minimum Gasteiger partial charge on any atom is -0.383 e. The first-order valence-corrected chi connectivity index (χ1v) is 5.62. The third kappa shape index (κ3) is 1.94. The van der Waals surface area contributed by atoms with Crippen molar-refractivity contribution in [2.75, 3.05) is 0 Å². The van der Waals surface area contributed by atoms with Gasteiger partial charge in [-0.3, -0.25) is 4.98 Å². The molecule has 0 bridgehead atoms. The molecule has 1 unspecified atom stereocenters. The van der Waals surface area contributed by atoms with Crippen LogP contribution in [0.3, 0.4) is 0 Å². The summed E-state index contributed by atoms with van der Waals surface area (Å²) in [4.78, 5) is 12.1. The Morgan fingerprint density at radius 1 is 0.944 bits per heavy atom. The number of para-hydroxylation sites is 1. The monoisotopic (exact) mass is 237 g/mol. The number of nitrogens with zero attached hydrogens (tertiary/aromatic N) is 3. The van der Waals surface area contributed by atoms with E-state index in [1.54, 1.807) is 18.6 Å².